The summed E-state index contributed by atoms with van der Waals surface area (Å²) < 4.78 is 32.7. The number of fused-ring (bicyclic) bond motifs is 2. The fourth-order valence-electron chi connectivity index (χ4n) is 3.12. The second-order valence-electron chi connectivity index (χ2n) is 5.61. The van der Waals surface area contributed by atoms with Gasteiger partial charge in [0.1, 0.15) is 5.60 Å². The van der Waals surface area contributed by atoms with Crippen LogP contribution in [-0.4, -0.2) is 30.7 Å². The molecule has 0 saturated carbocycles. The lowest BCUT2D eigenvalue weighted by Gasteiger charge is -2.46. The average Bonchev–Trinajstić information content (AvgIpc) is 2.78. The van der Waals surface area contributed by atoms with Gasteiger partial charge < -0.3 is 15.2 Å². The molecule has 20 heavy (non-hydrogen) atoms. The zero-order chi connectivity index (χ0) is 14.5. The highest BCUT2D eigenvalue weighted by Gasteiger charge is 2.54. The van der Waals surface area contributed by atoms with E-state index in [-0.39, 0.29) is 11.6 Å². The van der Waals surface area contributed by atoms with Gasteiger partial charge >= 0.3 is 0 Å². The number of aliphatic hydroxyl groups is 1. The molecule has 0 radical (unpaired) electrons. The predicted molar refractivity (Wildman–Crippen MR) is 73.6 cm³/mol. The lowest BCUT2D eigenvalue weighted by Crippen LogP contribution is -2.54. The van der Waals surface area contributed by atoms with Gasteiger partial charge in [-0.25, -0.2) is 8.78 Å². The van der Waals surface area contributed by atoms with Gasteiger partial charge in [-0.3, -0.25) is 0 Å². The number of nitrogens with one attached hydrogen (secondary N) is 1. The second kappa shape index (κ2) is 4.88. The fraction of sp³-hybridized carbons (Fsp3) is 0.692. The first-order chi connectivity index (χ1) is 9.37. The Hall–Kier alpha value is -0.270. The standard InChI is InChI=1S/C13H16ClF2NO2S/c1-7-5-12(2-3-17-7)10-8(4-9(14)20-10)13(18,6-19-12)11(15)16/h4,7,11,17-18H,2-3,5-6H2,1H3/t7-,12+,13-/m0/s1. The van der Waals surface area contributed by atoms with E-state index in [1.54, 1.807) is 0 Å². The van der Waals surface area contributed by atoms with Crippen LogP contribution in [0.1, 0.15) is 30.2 Å². The first kappa shape index (κ1) is 14.7. The van der Waals surface area contributed by atoms with Crippen LogP contribution in [0, 0.1) is 0 Å². The minimum Gasteiger partial charge on any atom is -0.377 e. The summed E-state index contributed by atoms with van der Waals surface area (Å²) in [5.74, 6) is 0. The maximum absolute atomic E-state index is 13.2. The lowest BCUT2D eigenvalue weighted by atomic mass is 9.79. The molecule has 1 saturated heterocycles. The molecule has 2 aliphatic rings. The van der Waals surface area contributed by atoms with Crippen LogP contribution in [0.4, 0.5) is 8.78 Å². The number of piperidine rings is 1. The van der Waals surface area contributed by atoms with Gasteiger partial charge in [0.25, 0.3) is 6.43 Å². The van der Waals surface area contributed by atoms with E-state index in [1.807, 2.05) is 6.92 Å². The molecule has 0 unspecified atom stereocenters. The maximum atomic E-state index is 13.2. The molecule has 3 rings (SSSR count). The number of alkyl halides is 2. The van der Waals surface area contributed by atoms with Gasteiger partial charge in [-0.1, -0.05) is 11.6 Å². The fourth-order valence-corrected chi connectivity index (χ4v) is 4.61. The van der Waals surface area contributed by atoms with E-state index in [0.717, 1.165) is 6.54 Å². The third-order valence-corrected chi connectivity index (χ3v) is 5.62. The Labute approximate surface area is 124 Å². The summed E-state index contributed by atoms with van der Waals surface area (Å²) in [5, 5.41) is 13.6. The zero-order valence-electron chi connectivity index (χ0n) is 11.0. The summed E-state index contributed by atoms with van der Waals surface area (Å²) in [5.41, 5.74) is -2.61. The third-order valence-electron chi connectivity index (χ3n) is 4.17. The Kier molecular flexibility index (Phi) is 3.58. The van der Waals surface area contributed by atoms with Crippen LogP contribution in [0.15, 0.2) is 6.07 Å². The molecule has 7 heteroatoms. The molecule has 0 bridgehead atoms. The molecular formula is C13H16ClF2NO2S. The molecule has 1 aromatic heterocycles. The van der Waals surface area contributed by atoms with Gasteiger partial charge in [0.2, 0.25) is 0 Å². The van der Waals surface area contributed by atoms with Crippen LogP contribution in [0.2, 0.25) is 4.34 Å². The molecule has 3 nitrogen and oxygen atoms in total. The first-order valence-electron chi connectivity index (χ1n) is 6.55. The molecule has 0 amide bonds. The van der Waals surface area contributed by atoms with Crippen LogP contribution in [-0.2, 0) is 15.9 Å². The van der Waals surface area contributed by atoms with E-state index in [1.165, 1.54) is 17.4 Å². The number of rotatable bonds is 1. The summed E-state index contributed by atoms with van der Waals surface area (Å²) in [7, 11) is 0. The summed E-state index contributed by atoms with van der Waals surface area (Å²) in [6.07, 6.45) is -1.51. The predicted octanol–water partition coefficient (Wildman–Crippen LogP) is 2.85. The van der Waals surface area contributed by atoms with Crippen molar-refractivity contribution in [2.45, 2.75) is 43.4 Å². The zero-order valence-corrected chi connectivity index (χ0v) is 12.5. The van der Waals surface area contributed by atoms with Crippen molar-refractivity contribution in [1.29, 1.82) is 0 Å². The number of ether oxygens (including phenoxy) is 1. The Bertz CT molecular complexity index is 526. The van der Waals surface area contributed by atoms with Gasteiger partial charge in [0.05, 0.1) is 10.9 Å². The number of halogens is 3. The molecule has 2 aliphatic heterocycles. The van der Waals surface area contributed by atoms with Crippen molar-refractivity contribution in [3.8, 4) is 0 Å². The summed E-state index contributed by atoms with van der Waals surface area (Å²) in [4.78, 5) is 0.657. The van der Waals surface area contributed by atoms with Crippen molar-refractivity contribution in [2.75, 3.05) is 13.2 Å². The van der Waals surface area contributed by atoms with Crippen molar-refractivity contribution >= 4 is 22.9 Å². The van der Waals surface area contributed by atoms with Gasteiger partial charge in [-0.2, -0.15) is 0 Å². The molecule has 1 aromatic rings. The Morgan fingerprint density at radius 2 is 2.35 bits per heavy atom. The monoisotopic (exact) mass is 323 g/mol. The topological polar surface area (TPSA) is 41.5 Å². The van der Waals surface area contributed by atoms with E-state index < -0.39 is 24.2 Å². The SMILES string of the molecule is C[C@H]1C[C@@]2(CCN1)OC[C@@](O)(C(F)F)c1cc(Cl)sc12. The van der Waals surface area contributed by atoms with E-state index in [0.29, 0.717) is 22.1 Å². The van der Waals surface area contributed by atoms with Crippen LogP contribution >= 0.6 is 22.9 Å². The first-order valence-corrected chi connectivity index (χ1v) is 7.75. The van der Waals surface area contributed by atoms with Crippen molar-refractivity contribution in [3.63, 3.8) is 0 Å². The highest BCUT2D eigenvalue weighted by atomic mass is 35.5. The minimum absolute atomic E-state index is 0.232. The molecule has 2 N–H and O–H groups in total. The molecule has 112 valence electrons. The number of thiophene rings is 1. The van der Waals surface area contributed by atoms with Crippen LogP contribution in [0.5, 0.6) is 0 Å². The quantitative estimate of drug-likeness (QED) is 0.835. The Balaban J connectivity index is 2.09. The molecule has 3 heterocycles. The third kappa shape index (κ3) is 2.09. The summed E-state index contributed by atoms with van der Waals surface area (Å²) in [6.45, 7) is 2.40. The average molecular weight is 324 g/mol. The summed E-state index contributed by atoms with van der Waals surface area (Å²) in [6, 6.07) is 1.69. The lowest BCUT2D eigenvalue weighted by molar-refractivity contribution is -0.204. The van der Waals surface area contributed by atoms with Gasteiger partial charge in [0.15, 0.2) is 5.60 Å². The van der Waals surface area contributed by atoms with Crippen molar-refractivity contribution in [2.24, 2.45) is 0 Å². The van der Waals surface area contributed by atoms with Gasteiger partial charge in [0, 0.05) is 16.5 Å². The molecule has 3 atom stereocenters. The highest BCUT2D eigenvalue weighted by Crippen LogP contribution is 2.52. The molecule has 0 aliphatic carbocycles. The minimum atomic E-state index is -2.90. The van der Waals surface area contributed by atoms with Crippen molar-refractivity contribution in [1.82, 2.24) is 5.32 Å². The molecular weight excluding hydrogens is 308 g/mol. The van der Waals surface area contributed by atoms with E-state index in [9.17, 15) is 13.9 Å². The van der Waals surface area contributed by atoms with E-state index >= 15 is 0 Å². The molecule has 1 spiro atoms. The van der Waals surface area contributed by atoms with Gasteiger partial charge in [-0.05, 0) is 32.4 Å². The molecule has 0 aromatic carbocycles. The van der Waals surface area contributed by atoms with E-state index in [4.69, 9.17) is 16.3 Å². The number of hydrogen-bond donors (Lipinski definition) is 2. The summed E-state index contributed by atoms with van der Waals surface area (Å²) >= 11 is 7.25. The largest absolute Gasteiger partial charge is 0.377 e. The van der Waals surface area contributed by atoms with Crippen molar-refractivity contribution < 1.29 is 18.6 Å². The van der Waals surface area contributed by atoms with E-state index in [2.05, 4.69) is 5.32 Å². The van der Waals surface area contributed by atoms with Crippen LogP contribution in [0.3, 0.4) is 0 Å². The van der Waals surface area contributed by atoms with Gasteiger partial charge in [-0.15, -0.1) is 11.3 Å². The Morgan fingerprint density at radius 3 is 3.00 bits per heavy atom. The van der Waals surface area contributed by atoms with Crippen molar-refractivity contribution in [3.05, 3.63) is 20.8 Å². The number of hydrogen-bond acceptors (Lipinski definition) is 4. The smallest absolute Gasteiger partial charge is 0.273 e. The molecule has 1 fully saturated rings. The normalized spacial score (nSPS) is 37.4. The highest BCUT2D eigenvalue weighted by molar-refractivity contribution is 7.16. The Morgan fingerprint density at radius 1 is 1.60 bits per heavy atom. The van der Waals surface area contributed by atoms with Crippen LogP contribution in [0.25, 0.3) is 0 Å². The maximum Gasteiger partial charge on any atom is 0.273 e. The second-order valence-corrected chi connectivity index (χ2v) is 7.29. The van der Waals surface area contributed by atoms with Crippen LogP contribution < -0.4 is 5.32 Å².